The predicted molar refractivity (Wildman–Crippen MR) is 85.2 cm³/mol. The molecule has 0 radical (unpaired) electrons. The Morgan fingerprint density at radius 2 is 2.05 bits per heavy atom. The van der Waals surface area contributed by atoms with Crippen LogP contribution in [0.4, 0.5) is 0 Å². The van der Waals surface area contributed by atoms with Crippen LogP contribution in [0.1, 0.15) is 24.2 Å². The molecule has 1 aromatic carbocycles. The molecule has 0 unspecified atom stereocenters. The largest absolute Gasteiger partial charge is 0.468 e. The first-order chi connectivity index (χ1) is 10.4. The minimum atomic E-state index is 0.635. The van der Waals surface area contributed by atoms with Crippen LogP contribution in [-0.2, 0) is 13.0 Å². The van der Waals surface area contributed by atoms with Gasteiger partial charge in [0, 0.05) is 19.1 Å². The van der Waals surface area contributed by atoms with Crippen molar-refractivity contribution in [3.8, 4) is 0 Å². The summed E-state index contributed by atoms with van der Waals surface area (Å²) in [6.07, 6.45) is 5.45. The Morgan fingerprint density at radius 3 is 2.76 bits per heavy atom. The van der Waals surface area contributed by atoms with Gasteiger partial charge in [-0.2, -0.15) is 0 Å². The molecular weight excluding hydrogens is 260 g/mol. The van der Waals surface area contributed by atoms with Crippen LogP contribution in [-0.4, -0.2) is 30.6 Å². The highest BCUT2D eigenvalue weighted by Gasteiger charge is 2.18. The standard InChI is InChI=1S/C18H24N2O/c1-2-6-16(7-3-1)10-12-20(14-17-8-4-11-19-17)15-18-9-5-13-21-18/h1-3,5-7,9,13,17,19H,4,8,10-12,14-15H2/t17-/m0/s1. The quantitative estimate of drug-likeness (QED) is 0.847. The Balaban J connectivity index is 1.57. The van der Waals surface area contributed by atoms with Crippen molar-refractivity contribution >= 4 is 0 Å². The predicted octanol–water partition coefficient (Wildman–Crippen LogP) is 3.08. The van der Waals surface area contributed by atoms with Crippen LogP contribution in [0, 0.1) is 0 Å². The van der Waals surface area contributed by atoms with Crippen LogP contribution in [0.25, 0.3) is 0 Å². The van der Waals surface area contributed by atoms with E-state index in [0.29, 0.717) is 6.04 Å². The molecular formula is C18H24N2O. The fourth-order valence-electron chi connectivity index (χ4n) is 3.01. The summed E-state index contributed by atoms with van der Waals surface area (Å²) < 4.78 is 5.52. The Kier molecular flexibility index (Phi) is 5.08. The first kappa shape index (κ1) is 14.4. The summed E-state index contributed by atoms with van der Waals surface area (Å²) in [6, 6.07) is 15.4. The Bertz CT molecular complexity index is 503. The van der Waals surface area contributed by atoms with Crippen LogP contribution in [0.2, 0.25) is 0 Å². The van der Waals surface area contributed by atoms with Crippen LogP contribution in [0.5, 0.6) is 0 Å². The summed E-state index contributed by atoms with van der Waals surface area (Å²) in [7, 11) is 0. The number of furan rings is 1. The first-order valence-corrected chi connectivity index (χ1v) is 7.92. The van der Waals surface area contributed by atoms with E-state index in [2.05, 4.69) is 46.6 Å². The summed E-state index contributed by atoms with van der Waals surface area (Å²) in [5, 5.41) is 3.59. The number of hydrogen-bond donors (Lipinski definition) is 1. The summed E-state index contributed by atoms with van der Waals surface area (Å²) in [5.74, 6) is 1.06. The second-order valence-electron chi connectivity index (χ2n) is 5.84. The molecule has 3 heteroatoms. The minimum Gasteiger partial charge on any atom is -0.468 e. The molecule has 0 amide bonds. The van der Waals surface area contributed by atoms with E-state index < -0.39 is 0 Å². The van der Waals surface area contributed by atoms with Crippen molar-refractivity contribution in [1.29, 1.82) is 0 Å². The van der Waals surface area contributed by atoms with E-state index in [4.69, 9.17) is 4.42 Å². The highest BCUT2D eigenvalue weighted by Crippen LogP contribution is 2.12. The molecule has 3 nitrogen and oxygen atoms in total. The van der Waals surface area contributed by atoms with Gasteiger partial charge in [-0.15, -0.1) is 0 Å². The van der Waals surface area contributed by atoms with Gasteiger partial charge in [0.2, 0.25) is 0 Å². The van der Waals surface area contributed by atoms with Crippen molar-refractivity contribution in [1.82, 2.24) is 10.2 Å². The van der Waals surface area contributed by atoms with E-state index in [0.717, 1.165) is 38.4 Å². The molecule has 1 aliphatic rings. The Labute approximate surface area is 127 Å². The van der Waals surface area contributed by atoms with E-state index in [-0.39, 0.29) is 0 Å². The average Bonchev–Trinajstić information content (AvgIpc) is 3.20. The summed E-state index contributed by atoms with van der Waals surface area (Å²) in [5.41, 5.74) is 1.40. The fourth-order valence-corrected chi connectivity index (χ4v) is 3.01. The molecule has 0 aliphatic carbocycles. The molecule has 112 valence electrons. The van der Waals surface area contributed by atoms with Gasteiger partial charge in [0.1, 0.15) is 5.76 Å². The summed E-state index contributed by atoms with van der Waals surface area (Å²) in [4.78, 5) is 2.51. The second-order valence-corrected chi connectivity index (χ2v) is 5.84. The molecule has 2 heterocycles. The average molecular weight is 284 g/mol. The van der Waals surface area contributed by atoms with Gasteiger partial charge in [0.25, 0.3) is 0 Å². The molecule has 1 atom stereocenters. The zero-order valence-electron chi connectivity index (χ0n) is 12.5. The number of nitrogens with zero attached hydrogens (tertiary/aromatic N) is 1. The zero-order valence-corrected chi connectivity index (χ0v) is 12.5. The van der Waals surface area contributed by atoms with E-state index in [1.54, 1.807) is 6.26 Å². The Morgan fingerprint density at radius 1 is 1.14 bits per heavy atom. The number of benzene rings is 1. The van der Waals surface area contributed by atoms with Gasteiger partial charge >= 0.3 is 0 Å². The monoisotopic (exact) mass is 284 g/mol. The maximum atomic E-state index is 5.52. The normalized spacial score (nSPS) is 18.4. The van der Waals surface area contributed by atoms with Crippen molar-refractivity contribution in [2.24, 2.45) is 0 Å². The second kappa shape index (κ2) is 7.43. The highest BCUT2D eigenvalue weighted by molar-refractivity contribution is 5.15. The SMILES string of the molecule is c1ccc(CCN(Cc2ccco2)C[C@@H]2CCCN2)cc1. The van der Waals surface area contributed by atoms with Crippen LogP contribution < -0.4 is 5.32 Å². The van der Waals surface area contributed by atoms with E-state index in [1.807, 2.05) is 6.07 Å². The van der Waals surface area contributed by atoms with E-state index in [1.165, 1.54) is 18.4 Å². The van der Waals surface area contributed by atoms with Crippen molar-refractivity contribution in [2.75, 3.05) is 19.6 Å². The third-order valence-corrected chi connectivity index (χ3v) is 4.16. The smallest absolute Gasteiger partial charge is 0.117 e. The highest BCUT2D eigenvalue weighted by atomic mass is 16.3. The van der Waals surface area contributed by atoms with Gasteiger partial charge in [-0.3, -0.25) is 4.90 Å². The fraction of sp³-hybridized carbons (Fsp3) is 0.444. The summed E-state index contributed by atoms with van der Waals surface area (Å²) >= 11 is 0. The van der Waals surface area contributed by atoms with Crippen molar-refractivity contribution in [3.63, 3.8) is 0 Å². The van der Waals surface area contributed by atoms with E-state index >= 15 is 0 Å². The molecule has 1 aromatic heterocycles. The van der Waals surface area contributed by atoms with Crippen LogP contribution in [0.3, 0.4) is 0 Å². The summed E-state index contributed by atoms with van der Waals surface area (Å²) in [6.45, 7) is 4.24. The topological polar surface area (TPSA) is 28.4 Å². The van der Waals surface area contributed by atoms with Crippen molar-refractivity contribution in [2.45, 2.75) is 31.8 Å². The lowest BCUT2D eigenvalue weighted by Gasteiger charge is -2.24. The molecule has 1 aliphatic heterocycles. The van der Waals surface area contributed by atoms with Crippen molar-refractivity contribution in [3.05, 3.63) is 60.1 Å². The van der Waals surface area contributed by atoms with Gasteiger partial charge in [-0.25, -0.2) is 0 Å². The molecule has 3 rings (SSSR count). The maximum Gasteiger partial charge on any atom is 0.117 e. The number of rotatable bonds is 7. The lowest BCUT2D eigenvalue weighted by molar-refractivity contribution is 0.225. The number of nitrogens with one attached hydrogen (secondary N) is 1. The lowest BCUT2D eigenvalue weighted by Crippen LogP contribution is -2.38. The molecule has 0 spiro atoms. The Hall–Kier alpha value is -1.58. The molecule has 2 aromatic rings. The molecule has 1 saturated heterocycles. The maximum absolute atomic E-state index is 5.52. The third-order valence-electron chi connectivity index (χ3n) is 4.16. The first-order valence-electron chi connectivity index (χ1n) is 7.92. The van der Waals surface area contributed by atoms with Crippen LogP contribution >= 0.6 is 0 Å². The van der Waals surface area contributed by atoms with Gasteiger partial charge in [0.15, 0.2) is 0 Å². The molecule has 1 N–H and O–H groups in total. The molecule has 0 bridgehead atoms. The van der Waals surface area contributed by atoms with Gasteiger partial charge in [0.05, 0.1) is 12.8 Å². The number of hydrogen-bond acceptors (Lipinski definition) is 3. The van der Waals surface area contributed by atoms with E-state index in [9.17, 15) is 0 Å². The van der Waals surface area contributed by atoms with Crippen molar-refractivity contribution < 1.29 is 4.42 Å². The zero-order chi connectivity index (χ0) is 14.3. The minimum absolute atomic E-state index is 0.635. The molecule has 21 heavy (non-hydrogen) atoms. The molecule has 0 saturated carbocycles. The lowest BCUT2D eigenvalue weighted by atomic mass is 10.1. The third kappa shape index (κ3) is 4.45. The van der Waals surface area contributed by atoms with Gasteiger partial charge < -0.3 is 9.73 Å². The van der Waals surface area contributed by atoms with Gasteiger partial charge in [-0.1, -0.05) is 30.3 Å². The van der Waals surface area contributed by atoms with Crippen LogP contribution in [0.15, 0.2) is 53.1 Å². The van der Waals surface area contributed by atoms with Gasteiger partial charge in [-0.05, 0) is 43.5 Å². The molecule has 1 fully saturated rings.